The van der Waals surface area contributed by atoms with Gasteiger partial charge in [-0.25, -0.2) is 4.79 Å². The number of likely N-dealkylation sites (tertiary alicyclic amines) is 1. The number of nitrogens with zero attached hydrogens (tertiary/aromatic N) is 1. The highest BCUT2D eigenvalue weighted by Gasteiger charge is 2.31. The highest BCUT2D eigenvalue weighted by atomic mass is 16.6. The van der Waals surface area contributed by atoms with Crippen LogP contribution in [0.3, 0.4) is 0 Å². The molecule has 1 unspecified atom stereocenters. The zero-order valence-corrected chi connectivity index (χ0v) is 12.7. The van der Waals surface area contributed by atoms with Gasteiger partial charge in [-0.1, -0.05) is 0 Å². The van der Waals surface area contributed by atoms with Gasteiger partial charge in [-0.2, -0.15) is 0 Å². The predicted octanol–water partition coefficient (Wildman–Crippen LogP) is 2.77. The molecule has 0 aromatic carbocycles. The standard InChI is InChI=1S/C15H28N2O2/c1-11(12-5-6-12)16-13-7-9-17(10-8-13)14(18)19-15(2,3)4/h11-13,16H,5-10H2,1-4H3. The van der Waals surface area contributed by atoms with Gasteiger partial charge in [-0.15, -0.1) is 0 Å². The van der Waals surface area contributed by atoms with Gasteiger partial charge in [-0.05, 0) is 59.3 Å². The van der Waals surface area contributed by atoms with Gasteiger partial charge in [0.25, 0.3) is 0 Å². The van der Waals surface area contributed by atoms with Crippen molar-refractivity contribution < 1.29 is 9.53 Å². The molecule has 0 spiro atoms. The monoisotopic (exact) mass is 268 g/mol. The second-order valence-corrected chi connectivity index (χ2v) is 7.03. The number of rotatable bonds is 3. The predicted molar refractivity (Wildman–Crippen MR) is 76.2 cm³/mol. The fraction of sp³-hybridized carbons (Fsp3) is 0.933. The zero-order valence-electron chi connectivity index (χ0n) is 12.7. The summed E-state index contributed by atoms with van der Waals surface area (Å²) >= 11 is 0. The van der Waals surface area contributed by atoms with Crippen molar-refractivity contribution >= 4 is 6.09 Å². The van der Waals surface area contributed by atoms with E-state index in [1.165, 1.54) is 12.8 Å². The number of nitrogens with one attached hydrogen (secondary N) is 1. The molecule has 2 fully saturated rings. The first-order valence-electron chi connectivity index (χ1n) is 7.59. The molecule has 4 nitrogen and oxygen atoms in total. The van der Waals surface area contributed by atoms with Crippen LogP contribution in [0.25, 0.3) is 0 Å². The first-order chi connectivity index (χ1) is 8.85. The van der Waals surface area contributed by atoms with E-state index in [1.54, 1.807) is 0 Å². The Morgan fingerprint density at radius 3 is 2.26 bits per heavy atom. The molecule has 4 heteroatoms. The summed E-state index contributed by atoms with van der Waals surface area (Å²) in [6, 6.07) is 1.20. The molecule has 1 saturated heterocycles. The van der Waals surface area contributed by atoms with Crippen LogP contribution >= 0.6 is 0 Å². The number of carbonyl (C=O) groups is 1. The summed E-state index contributed by atoms with van der Waals surface area (Å²) in [5.41, 5.74) is -0.396. The minimum atomic E-state index is -0.396. The lowest BCUT2D eigenvalue weighted by molar-refractivity contribution is 0.0195. The maximum Gasteiger partial charge on any atom is 0.410 e. The van der Waals surface area contributed by atoms with Crippen molar-refractivity contribution in [1.82, 2.24) is 10.2 Å². The Morgan fingerprint density at radius 1 is 1.21 bits per heavy atom. The van der Waals surface area contributed by atoms with Gasteiger partial charge in [0.15, 0.2) is 0 Å². The number of carbonyl (C=O) groups excluding carboxylic acids is 1. The lowest BCUT2D eigenvalue weighted by Gasteiger charge is -2.35. The number of ether oxygens (including phenoxy) is 1. The molecular weight excluding hydrogens is 240 g/mol. The molecule has 0 aromatic rings. The normalized spacial score (nSPS) is 23.3. The van der Waals surface area contributed by atoms with Crippen molar-refractivity contribution in [3.63, 3.8) is 0 Å². The number of piperidine rings is 1. The van der Waals surface area contributed by atoms with Crippen molar-refractivity contribution in [1.29, 1.82) is 0 Å². The van der Waals surface area contributed by atoms with Crippen LogP contribution in [-0.4, -0.2) is 41.8 Å². The smallest absolute Gasteiger partial charge is 0.410 e. The molecule has 19 heavy (non-hydrogen) atoms. The highest BCUT2D eigenvalue weighted by molar-refractivity contribution is 5.68. The van der Waals surface area contributed by atoms with Crippen molar-refractivity contribution in [2.24, 2.45) is 5.92 Å². The number of amides is 1. The molecule has 1 amide bonds. The first kappa shape index (κ1) is 14.6. The number of hydrogen-bond donors (Lipinski definition) is 1. The zero-order chi connectivity index (χ0) is 14.0. The SMILES string of the molecule is CC(NC1CCN(C(=O)OC(C)(C)C)CC1)C1CC1. The quantitative estimate of drug-likeness (QED) is 0.855. The third-order valence-corrected chi connectivity index (χ3v) is 3.97. The van der Waals surface area contributed by atoms with Crippen molar-refractivity contribution in [2.45, 2.75) is 71.1 Å². The second-order valence-electron chi connectivity index (χ2n) is 7.03. The Bertz CT molecular complexity index is 313. The molecular formula is C15H28N2O2. The molecule has 1 atom stereocenters. The van der Waals surface area contributed by atoms with Crippen LogP contribution in [0, 0.1) is 5.92 Å². The summed E-state index contributed by atoms with van der Waals surface area (Å²) in [4.78, 5) is 13.8. The molecule has 0 aromatic heterocycles. The van der Waals surface area contributed by atoms with Crippen LogP contribution in [0.15, 0.2) is 0 Å². The van der Waals surface area contributed by atoms with Crippen LogP contribution in [-0.2, 0) is 4.74 Å². The van der Waals surface area contributed by atoms with Crippen molar-refractivity contribution in [3.05, 3.63) is 0 Å². The lowest BCUT2D eigenvalue weighted by Crippen LogP contribution is -2.48. The molecule has 1 saturated carbocycles. The van der Waals surface area contributed by atoms with E-state index in [0.717, 1.165) is 31.8 Å². The summed E-state index contributed by atoms with van der Waals surface area (Å²) in [5.74, 6) is 0.892. The van der Waals surface area contributed by atoms with Crippen LogP contribution in [0.4, 0.5) is 4.79 Å². The average Bonchev–Trinajstić information content (AvgIpc) is 3.11. The van der Waals surface area contributed by atoms with E-state index in [1.807, 2.05) is 25.7 Å². The van der Waals surface area contributed by atoms with Gasteiger partial charge in [-0.3, -0.25) is 0 Å². The maximum atomic E-state index is 11.9. The van der Waals surface area contributed by atoms with Gasteiger partial charge in [0.05, 0.1) is 0 Å². The Morgan fingerprint density at radius 2 is 1.79 bits per heavy atom. The molecule has 2 rings (SSSR count). The van der Waals surface area contributed by atoms with Crippen molar-refractivity contribution in [2.75, 3.05) is 13.1 Å². The van der Waals surface area contributed by atoms with Crippen LogP contribution in [0.1, 0.15) is 53.4 Å². The lowest BCUT2D eigenvalue weighted by atomic mass is 10.0. The minimum absolute atomic E-state index is 0.166. The largest absolute Gasteiger partial charge is 0.444 e. The van der Waals surface area contributed by atoms with E-state index in [2.05, 4.69) is 12.2 Å². The molecule has 1 aliphatic carbocycles. The Kier molecular flexibility index (Phi) is 4.39. The summed E-state index contributed by atoms with van der Waals surface area (Å²) in [5, 5.41) is 3.71. The summed E-state index contributed by atoms with van der Waals surface area (Å²) < 4.78 is 5.41. The van der Waals surface area contributed by atoms with Crippen LogP contribution < -0.4 is 5.32 Å². The van der Waals surface area contributed by atoms with Crippen LogP contribution in [0.5, 0.6) is 0 Å². The Labute approximate surface area is 116 Å². The molecule has 2 aliphatic rings. The first-order valence-corrected chi connectivity index (χ1v) is 7.59. The Balaban J connectivity index is 1.71. The fourth-order valence-electron chi connectivity index (χ4n) is 2.66. The van der Waals surface area contributed by atoms with E-state index in [4.69, 9.17) is 4.74 Å². The fourth-order valence-corrected chi connectivity index (χ4v) is 2.66. The van der Waals surface area contributed by atoms with Gasteiger partial charge in [0, 0.05) is 25.2 Å². The summed E-state index contributed by atoms with van der Waals surface area (Å²) in [7, 11) is 0. The summed E-state index contributed by atoms with van der Waals surface area (Å²) in [6.45, 7) is 9.65. The van der Waals surface area contributed by atoms with Gasteiger partial charge in [0.1, 0.15) is 5.60 Å². The third kappa shape index (κ3) is 4.68. The van der Waals surface area contributed by atoms with E-state index in [0.29, 0.717) is 12.1 Å². The third-order valence-electron chi connectivity index (χ3n) is 3.97. The summed E-state index contributed by atoms with van der Waals surface area (Å²) in [6.07, 6.45) is 4.67. The molecule has 0 radical (unpaired) electrons. The van der Waals surface area contributed by atoms with E-state index >= 15 is 0 Å². The topological polar surface area (TPSA) is 41.6 Å². The van der Waals surface area contributed by atoms with Gasteiger partial charge in [0.2, 0.25) is 0 Å². The molecule has 1 aliphatic heterocycles. The van der Waals surface area contributed by atoms with Crippen LogP contribution in [0.2, 0.25) is 0 Å². The van der Waals surface area contributed by atoms with Gasteiger partial charge < -0.3 is 15.0 Å². The maximum absolute atomic E-state index is 11.9. The molecule has 1 N–H and O–H groups in total. The van der Waals surface area contributed by atoms with Gasteiger partial charge >= 0.3 is 6.09 Å². The van der Waals surface area contributed by atoms with E-state index in [9.17, 15) is 4.79 Å². The molecule has 0 bridgehead atoms. The second kappa shape index (κ2) is 5.70. The molecule has 1 heterocycles. The Hall–Kier alpha value is -0.770. The van der Waals surface area contributed by atoms with E-state index < -0.39 is 5.60 Å². The van der Waals surface area contributed by atoms with E-state index in [-0.39, 0.29) is 6.09 Å². The number of hydrogen-bond acceptors (Lipinski definition) is 3. The minimum Gasteiger partial charge on any atom is -0.444 e. The van der Waals surface area contributed by atoms with Crippen molar-refractivity contribution in [3.8, 4) is 0 Å². The highest BCUT2D eigenvalue weighted by Crippen LogP contribution is 2.33. The molecule has 110 valence electrons. The average molecular weight is 268 g/mol.